The molecule has 0 heterocycles. The molecule has 0 bridgehead atoms. The minimum Gasteiger partial charge on any atom is -0.462 e. The number of ether oxygens (including phenoxy) is 4. The lowest BCUT2D eigenvalue weighted by molar-refractivity contribution is -0.161. The van der Waals surface area contributed by atoms with Gasteiger partial charge in [-0.25, -0.2) is 9.13 Å². The number of carbonyl (C=O) groups is 4. The van der Waals surface area contributed by atoms with Crippen molar-refractivity contribution < 1.29 is 80.2 Å². The Morgan fingerprint density at radius 2 is 0.510 bits per heavy atom. The third-order valence-electron chi connectivity index (χ3n) is 16.3. The number of hydrogen-bond acceptors (Lipinski definition) is 15. The van der Waals surface area contributed by atoms with Gasteiger partial charge in [0.15, 0.2) is 12.2 Å². The van der Waals surface area contributed by atoms with Gasteiger partial charge in [-0.3, -0.25) is 37.3 Å². The average molecular weight is 1420 g/mol. The number of hydrogen-bond donors (Lipinski definition) is 3. The van der Waals surface area contributed by atoms with E-state index in [9.17, 15) is 43.2 Å². The second-order valence-corrected chi connectivity index (χ2v) is 28.9. The lowest BCUT2D eigenvalue weighted by Gasteiger charge is -2.21. The summed E-state index contributed by atoms with van der Waals surface area (Å²) in [6, 6.07) is 0. The van der Waals surface area contributed by atoms with Gasteiger partial charge in [0.2, 0.25) is 0 Å². The molecule has 568 valence electrons. The minimum atomic E-state index is -4.99. The second-order valence-electron chi connectivity index (χ2n) is 25.9. The smallest absolute Gasteiger partial charge is 0.462 e. The lowest BCUT2D eigenvalue weighted by Crippen LogP contribution is -2.30. The fraction of sp³-hybridized carbons (Fsp3) is 0.772. The summed E-state index contributed by atoms with van der Waals surface area (Å²) in [6.07, 6.45) is 72.9. The molecule has 3 N–H and O–H groups in total. The van der Waals surface area contributed by atoms with Crippen molar-refractivity contribution in [1.29, 1.82) is 0 Å². The van der Waals surface area contributed by atoms with Crippen LogP contribution < -0.4 is 0 Å². The molecule has 0 rings (SSSR count). The molecule has 0 aliphatic rings. The number of rotatable bonds is 73. The van der Waals surface area contributed by atoms with E-state index in [4.69, 9.17) is 37.0 Å². The van der Waals surface area contributed by atoms with E-state index >= 15 is 0 Å². The van der Waals surface area contributed by atoms with Crippen molar-refractivity contribution in [3.05, 3.63) is 85.1 Å². The zero-order chi connectivity index (χ0) is 71.8. The summed E-state index contributed by atoms with van der Waals surface area (Å²) in [5.41, 5.74) is 0. The number of unbranched alkanes of at least 4 members (excludes halogenated alkanes) is 33. The number of carbonyl (C=O) groups excluding carboxylic acids is 4. The molecule has 98 heavy (non-hydrogen) atoms. The average Bonchev–Trinajstić information content (AvgIpc) is 1.05. The number of esters is 4. The van der Waals surface area contributed by atoms with Crippen LogP contribution in [-0.2, 0) is 65.4 Å². The van der Waals surface area contributed by atoms with Gasteiger partial charge < -0.3 is 33.8 Å². The van der Waals surface area contributed by atoms with Gasteiger partial charge in [-0.1, -0.05) is 273 Å². The second kappa shape index (κ2) is 71.6. The molecule has 2 unspecified atom stereocenters. The fourth-order valence-corrected chi connectivity index (χ4v) is 11.9. The molecule has 17 nitrogen and oxygen atoms in total. The fourth-order valence-electron chi connectivity index (χ4n) is 10.4. The van der Waals surface area contributed by atoms with Crippen molar-refractivity contribution in [3.8, 4) is 0 Å². The molecule has 0 aromatic carbocycles. The Morgan fingerprint density at radius 1 is 0.286 bits per heavy atom. The molecule has 0 saturated carbocycles. The van der Waals surface area contributed by atoms with Gasteiger partial charge in [0.1, 0.15) is 19.3 Å². The molecule has 19 heteroatoms. The van der Waals surface area contributed by atoms with Crippen molar-refractivity contribution >= 4 is 39.5 Å². The standard InChI is InChI=1S/C79H140O17P2/c1-5-9-13-17-21-25-29-33-35-36-38-41-44-48-52-56-60-64-77(82)90-70-75(96-79(84)66-62-58-54-50-46-42-37-34-30-26-22-18-14-10-6-2)72-94-98(87,88)92-68-73(80)67-91-97(85,86)93-71-74(95-78(83)65-61-57-53-49-45-40-32-28-24-20-16-12-8-4)69-89-76(81)63-59-55-51-47-43-39-31-27-23-19-15-11-7-3/h21-22,25-27,31,33-35,37-38,41,48,52,73-75,80H,5-20,23-24,28-30,32,36,39-40,42-47,49-51,53-72H2,1-4H3,(H,85,86)(H,87,88)/b25-21-,26-22-,31-27-,35-33-,37-34-,41-38-,52-48-/t73-,74-,75-/m1/s1. The molecule has 0 saturated heterocycles. The number of aliphatic hydroxyl groups is 1. The first-order chi connectivity index (χ1) is 47.7. The van der Waals surface area contributed by atoms with Gasteiger partial charge in [-0.15, -0.1) is 0 Å². The van der Waals surface area contributed by atoms with Crippen LogP contribution in [0.25, 0.3) is 0 Å². The summed E-state index contributed by atoms with van der Waals surface area (Å²) < 4.78 is 68.4. The topological polar surface area (TPSA) is 237 Å². The van der Waals surface area contributed by atoms with Gasteiger partial charge in [-0.2, -0.15) is 0 Å². The first kappa shape index (κ1) is 94.2. The Balaban J connectivity index is 5.39. The van der Waals surface area contributed by atoms with Crippen LogP contribution in [0, 0.1) is 0 Å². The molecule has 0 aliphatic heterocycles. The molecule has 0 radical (unpaired) electrons. The van der Waals surface area contributed by atoms with E-state index in [1.54, 1.807) is 0 Å². The van der Waals surface area contributed by atoms with Crippen LogP contribution in [0.3, 0.4) is 0 Å². The Morgan fingerprint density at radius 3 is 0.847 bits per heavy atom. The maximum absolute atomic E-state index is 13.1. The Bertz CT molecular complexity index is 2190. The highest BCUT2D eigenvalue weighted by Crippen LogP contribution is 2.45. The first-order valence-electron chi connectivity index (χ1n) is 38.8. The van der Waals surface area contributed by atoms with Crippen LogP contribution in [0.15, 0.2) is 85.1 Å². The van der Waals surface area contributed by atoms with E-state index in [1.807, 2.05) is 12.2 Å². The van der Waals surface area contributed by atoms with Crippen LogP contribution in [0.5, 0.6) is 0 Å². The van der Waals surface area contributed by atoms with E-state index in [0.29, 0.717) is 32.1 Å². The maximum Gasteiger partial charge on any atom is 0.472 e. The molecule has 0 fully saturated rings. The largest absolute Gasteiger partial charge is 0.472 e. The summed E-state index contributed by atoms with van der Waals surface area (Å²) in [4.78, 5) is 72.8. The summed E-state index contributed by atoms with van der Waals surface area (Å²) in [5.74, 6) is -2.25. The molecule has 0 spiro atoms. The molecular formula is C79H140O17P2. The van der Waals surface area contributed by atoms with Crippen LogP contribution in [0.1, 0.15) is 336 Å². The number of allylic oxidation sites excluding steroid dienone is 14. The quantitative estimate of drug-likeness (QED) is 0.0169. The van der Waals surface area contributed by atoms with E-state index in [-0.39, 0.29) is 25.7 Å². The highest BCUT2D eigenvalue weighted by Gasteiger charge is 2.30. The summed E-state index contributed by atoms with van der Waals surface area (Å²) >= 11 is 0. The van der Waals surface area contributed by atoms with E-state index in [2.05, 4.69) is 101 Å². The van der Waals surface area contributed by atoms with Gasteiger partial charge in [0.05, 0.1) is 26.4 Å². The normalized spacial score (nSPS) is 14.4. The first-order valence-corrected chi connectivity index (χ1v) is 41.8. The summed E-state index contributed by atoms with van der Waals surface area (Å²) in [5, 5.41) is 10.6. The van der Waals surface area contributed by atoms with Crippen LogP contribution in [-0.4, -0.2) is 96.7 Å². The third kappa shape index (κ3) is 70.7. The molecule has 0 aromatic heterocycles. The zero-order valence-corrected chi connectivity index (χ0v) is 63.7. The molecule has 0 aliphatic carbocycles. The predicted octanol–water partition coefficient (Wildman–Crippen LogP) is 22.2. The Hall–Kier alpha value is -3.76. The van der Waals surface area contributed by atoms with Gasteiger partial charge >= 0.3 is 39.5 Å². The van der Waals surface area contributed by atoms with Gasteiger partial charge in [0.25, 0.3) is 0 Å². The van der Waals surface area contributed by atoms with Gasteiger partial charge in [-0.05, 0) is 122 Å². The number of phosphoric ester groups is 2. The Kier molecular flexibility index (Phi) is 68.9. The van der Waals surface area contributed by atoms with Crippen molar-refractivity contribution in [1.82, 2.24) is 0 Å². The van der Waals surface area contributed by atoms with Crippen molar-refractivity contribution in [2.75, 3.05) is 39.6 Å². The molecule has 0 aromatic rings. The number of aliphatic hydroxyl groups excluding tert-OH is 1. The minimum absolute atomic E-state index is 0.0684. The highest BCUT2D eigenvalue weighted by atomic mass is 31.2. The van der Waals surface area contributed by atoms with Crippen LogP contribution >= 0.6 is 15.6 Å². The predicted molar refractivity (Wildman–Crippen MR) is 399 cm³/mol. The molecule has 5 atom stereocenters. The maximum atomic E-state index is 13.1. The zero-order valence-electron chi connectivity index (χ0n) is 62.0. The SMILES string of the molecule is CCCCC/C=C\C/C=C\C/C=C\C/C=C\CCCC(=O)OC[C@H](COP(=O)(O)OC[C@H](O)COP(=O)(O)OC[C@@H](COC(=O)CCCCCCC/C=C\CCCCCC)OC(=O)CCCCCCCCCCCCCCC)OC(=O)CCCCCCC/C=C\C/C=C\CCCCC. The summed E-state index contributed by atoms with van der Waals surface area (Å²) in [6.45, 7) is 4.75. The van der Waals surface area contributed by atoms with E-state index in [1.165, 1.54) is 116 Å². The molecule has 0 amide bonds. The van der Waals surface area contributed by atoms with Crippen molar-refractivity contribution in [2.24, 2.45) is 0 Å². The van der Waals surface area contributed by atoms with Crippen molar-refractivity contribution in [3.63, 3.8) is 0 Å². The van der Waals surface area contributed by atoms with Crippen LogP contribution in [0.4, 0.5) is 0 Å². The molecular weight excluding hydrogens is 1280 g/mol. The number of phosphoric acid groups is 2. The lowest BCUT2D eigenvalue weighted by atomic mass is 10.0. The summed E-state index contributed by atoms with van der Waals surface area (Å²) in [7, 11) is -9.96. The highest BCUT2D eigenvalue weighted by molar-refractivity contribution is 7.47. The Labute approximate surface area is 595 Å². The monoisotopic (exact) mass is 1420 g/mol. The third-order valence-corrected chi connectivity index (χ3v) is 18.2. The van der Waals surface area contributed by atoms with Crippen LogP contribution in [0.2, 0.25) is 0 Å². The van der Waals surface area contributed by atoms with E-state index < -0.39 is 97.5 Å². The van der Waals surface area contributed by atoms with Crippen molar-refractivity contribution in [2.45, 2.75) is 354 Å². The van der Waals surface area contributed by atoms with E-state index in [0.717, 1.165) is 135 Å². The van der Waals surface area contributed by atoms with Gasteiger partial charge in [0, 0.05) is 25.7 Å².